The number of nitrogens with zero attached hydrogens (tertiary/aromatic N) is 4. The van der Waals surface area contributed by atoms with Gasteiger partial charge in [0.1, 0.15) is 11.6 Å². The number of rotatable bonds is 4. The van der Waals surface area contributed by atoms with Crippen LogP contribution >= 0.6 is 0 Å². The Bertz CT molecular complexity index is 494. The second-order valence-corrected chi connectivity index (χ2v) is 5.65. The van der Waals surface area contributed by atoms with Gasteiger partial charge in [0.2, 0.25) is 5.91 Å². The van der Waals surface area contributed by atoms with E-state index in [0.717, 1.165) is 37.8 Å². The molecule has 1 unspecified atom stereocenters. The maximum atomic E-state index is 11.2. The Morgan fingerprint density at radius 2 is 2.05 bits per heavy atom. The lowest BCUT2D eigenvalue weighted by Crippen LogP contribution is -2.53. The van der Waals surface area contributed by atoms with E-state index in [1.807, 2.05) is 19.2 Å². The molecule has 0 aromatic carbocycles. The molecule has 2 heterocycles. The van der Waals surface area contributed by atoms with Crippen molar-refractivity contribution >= 4 is 11.7 Å². The van der Waals surface area contributed by atoms with Gasteiger partial charge < -0.3 is 10.6 Å². The van der Waals surface area contributed by atoms with Crippen molar-refractivity contribution in [2.24, 2.45) is 5.73 Å². The molecule has 3 rings (SSSR count). The lowest BCUT2D eigenvalue weighted by molar-refractivity contribution is -0.122. The Morgan fingerprint density at radius 1 is 1.35 bits per heavy atom. The van der Waals surface area contributed by atoms with Gasteiger partial charge in [-0.3, -0.25) is 9.69 Å². The standard InChI is InChI=1S/C14H21N5O/c1-10(13(15)20)18-6-8-19(9-7-18)12-4-5-16-14(17-12)11-2-3-11/h4-5,10-11H,2-3,6-9H2,1H3,(H2,15,20). The first kappa shape index (κ1) is 13.3. The average molecular weight is 275 g/mol. The molecule has 0 radical (unpaired) electrons. The van der Waals surface area contributed by atoms with Crippen LogP contribution in [0.2, 0.25) is 0 Å². The summed E-state index contributed by atoms with van der Waals surface area (Å²) in [5.74, 6) is 2.31. The van der Waals surface area contributed by atoms with Crippen LogP contribution in [0.25, 0.3) is 0 Å². The summed E-state index contributed by atoms with van der Waals surface area (Å²) >= 11 is 0. The molecule has 2 fully saturated rings. The molecule has 6 heteroatoms. The molecule has 1 amide bonds. The van der Waals surface area contributed by atoms with Crippen molar-refractivity contribution in [3.05, 3.63) is 18.1 Å². The van der Waals surface area contributed by atoms with Crippen molar-refractivity contribution < 1.29 is 4.79 Å². The summed E-state index contributed by atoms with van der Waals surface area (Å²) < 4.78 is 0. The minimum atomic E-state index is -0.253. The van der Waals surface area contributed by atoms with Crippen molar-refractivity contribution in [2.75, 3.05) is 31.1 Å². The predicted molar refractivity (Wildman–Crippen MR) is 76.4 cm³/mol. The smallest absolute Gasteiger partial charge is 0.234 e. The van der Waals surface area contributed by atoms with E-state index in [0.29, 0.717) is 5.92 Å². The van der Waals surface area contributed by atoms with Crippen molar-refractivity contribution in [3.63, 3.8) is 0 Å². The normalized spacial score (nSPS) is 21.8. The van der Waals surface area contributed by atoms with Crippen molar-refractivity contribution in [1.82, 2.24) is 14.9 Å². The third kappa shape index (κ3) is 2.75. The lowest BCUT2D eigenvalue weighted by atomic mass is 10.2. The predicted octanol–water partition coefficient (Wildman–Crippen LogP) is 0.350. The molecule has 1 aromatic rings. The molecule has 2 aliphatic rings. The van der Waals surface area contributed by atoms with Crippen LogP contribution in [0.15, 0.2) is 12.3 Å². The van der Waals surface area contributed by atoms with E-state index in [4.69, 9.17) is 5.73 Å². The fourth-order valence-electron chi connectivity index (χ4n) is 2.60. The van der Waals surface area contributed by atoms with Gasteiger partial charge in [-0.25, -0.2) is 9.97 Å². The summed E-state index contributed by atoms with van der Waals surface area (Å²) in [6, 6.07) is 1.78. The highest BCUT2D eigenvalue weighted by atomic mass is 16.1. The van der Waals surface area contributed by atoms with Gasteiger partial charge in [0.15, 0.2) is 0 Å². The van der Waals surface area contributed by atoms with Crippen LogP contribution in [-0.4, -0.2) is 53.0 Å². The maximum absolute atomic E-state index is 11.2. The van der Waals surface area contributed by atoms with E-state index in [1.54, 1.807) is 0 Å². The summed E-state index contributed by atoms with van der Waals surface area (Å²) in [5, 5.41) is 0. The molecule has 1 aromatic heterocycles. The first-order valence-corrected chi connectivity index (χ1v) is 7.26. The Balaban J connectivity index is 1.63. The molecule has 6 nitrogen and oxygen atoms in total. The number of nitrogens with two attached hydrogens (primary N) is 1. The molecular formula is C14H21N5O. The Hall–Kier alpha value is -1.69. The Labute approximate surface area is 119 Å². The molecule has 2 N–H and O–H groups in total. The van der Waals surface area contributed by atoms with Crippen LogP contribution < -0.4 is 10.6 Å². The molecule has 1 saturated carbocycles. The summed E-state index contributed by atoms with van der Waals surface area (Å²) in [4.78, 5) is 24.6. The van der Waals surface area contributed by atoms with Crippen molar-refractivity contribution in [3.8, 4) is 0 Å². The van der Waals surface area contributed by atoms with Gasteiger partial charge in [-0.05, 0) is 25.8 Å². The van der Waals surface area contributed by atoms with Crippen LogP contribution in [0.1, 0.15) is 31.5 Å². The summed E-state index contributed by atoms with van der Waals surface area (Å²) in [5.41, 5.74) is 5.36. The summed E-state index contributed by atoms with van der Waals surface area (Å²) in [6.45, 7) is 5.30. The Kier molecular flexibility index (Phi) is 3.56. The van der Waals surface area contributed by atoms with Gasteiger partial charge in [0, 0.05) is 38.3 Å². The third-order valence-corrected chi connectivity index (χ3v) is 4.20. The molecule has 0 spiro atoms. The third-order valence-electron chi connectivity index (χ3n) is 4.20. The first-order valence-electron chi connectivity index (χ1n) is 7.26. The van der Waals surface area contributed by atoms with Gasteiger partial charge in [0.05, 0.1) is 6.04 Å². The zero-order valence-corrected chi connectivity index (χ0v) is 11.8. The number of carbonyl (C=O) groups is 1. The van der Waals surface area contributed by atoms with Gasteiger partial charge in [0.25, 0.3) is 0 Å². The summed E-state index contributed by atoms with van der Waals surface area (Å²) in [7, 11) is 0. The van der Waals surface area contributed by atoms with Gasteiger partial charge in [-0.15, -0.1) is 0 Å². The second-order valence-electron chi connectivity index (χ2n) is 5.65. The molecule has 1 aliphatic carbocycles. The molecule has 108 valence electrons. The number of hydrogen-bond donors (Lipinski definition) is 1. The van der Waals surface area contributed by atoms with E-state index >= 15 is 0 Å². The molecule has 20 heavy (non-hydrogen) atoms. The number of carbonyl (C=O) groups excluding carboxylic acids is 1. The first-order chi connectivity index (χ1) is 9.65. The SMILES string of the molecule is CC(C(N)=O)N1CCN(c2ccnc(C3CC3)n2)CC1. The minimum absolute atomic E-state index is 0.190. The van der Waals surface area contributed by atoms with Gasteiger partial charge in [-0.1, -0.05) is 0 Å². The zero-order chi connectivity index (χ0) is 14.1. The maximum Gasteiger partial charge on any atom is 0.234 e. The lowest BCUT2D eigenvalue weighted by Gasteiger charge is -2.37. The second kappa shape index (κ2) is 5.36. The van der Waals surface area contributed by atoms with Crippen LogP contribution in [0.4, 0.5) is 5.82 Å². The van der Waals surface area contributed by atoms with E-state index in [-0.39, 0.29) is 11.9 Å². The number of primary amides is 1. The topological polar surface area (TPSA) is 75.4 Å². The number of anilines is 1. The van der Waals surface area contributed by atoms with E-state index in [9.17, 15) is 4.79 Å². The van der Waals surface area contributed by atoms with E-state index in [1.165, 1.54) is 12.8 Å². The molecule has 1 aliphatic heterocycles. The summed E-state index contributed by atoms with van der Waals surface area (Å²) in [6.07, 6.45) is 4.29. The number of amides is 1. The Morgan fingerprint density at radius 3 is 2.65 bits per heavy atom. The highest BCUT2D eigenvalue weighted by Gasteiger charge is 2.28. The van der Waals surface area contributed by atoms with Crippen LogP contribution in [-0.2, 0) is 4.79 Å². The number of piperazine rings is 1. The van der Waals surface area contributed by atoms with Gasteiger partial charge >= 0.3 is 0 Å². The quantitative estimate of drug-likeness (QED) is 0.858. The molecule has 1 atom stereocenters. The van der Waals surface area contributed by atoms with Gasteiger partial charge in [-0.2, -0.15) is 0 Å². The van der Waals surface area contributed by atoms with Crippen molar-refractivity contribution in [2.45, 2.75) is 31.7 Å². The van der Waals surface area contributed by atoms with E-state index < -0.39 is 0 Å². The molecule has 0 bridgehead atoms. The van der Waals surface area contributed by atoms with Crippen LogP contribution in [0.5, 0.6) is 0 Å². The van der Waals surface area contributed by atoms with Crippen LogP contribution in [0, 0.1) is 0 Å². The molecular weight excluding hydrogens is 254 g/mol. The number of hydrogen-bond acceptors (Lipinski definition) is 5. The fraction of sp³-hybridized carbons (Fsp3) is 0.643. The zero-order valence-electron chi connectivity index (χ0n) is 11.8. The highest BCUT2D eigenvalue weighted by molar-refractivity contribution is 5.79. The fourth-order valence-corrected chi connectivity index (χ4v) is 2.60. The number of aromatic nitrogens is 2. The van der Waals surface area contributed by atoms with Crippen LogP contribution in [0.3, 0.4) is 0 Å². The molecule has 1 saturated heterocycles. The van der Waals surface area contributed by atoms with E-state index in [2.05, 4.69) is 19.8 Å². The minimum Gasteiger partial charge on any atom is -0.368 e. The van der Waals surface area contributed by atoms with Crippen molar-refractivity contribution in [1.29, 1.82) is 0 Å². The average Bonchev–Trinajstić information content (AvgIpc) is 3.31. The largest absolute Gasteiger partial charge is 0.368 e. The highest BCUT2D eigenvalue weighted by Crippen LogP contribution is 2.38. The monoisotopic (exact) mass is 275 g/mol.